The van der Waals surface area contributed by atoms with Crippen LogP contribution in [-0.4, -0.2) is 104 Å². The van der Waals surface area contributed by atoms with Crippen LogP contribution in [0.5, 0.6) is 5.75 Å². The molecule has 51 heavy (non-hydrogen) atoms. The van der Waals surface area contributed by atoms with E-state index in [-0.39, 0.29) is 29.4 Å². The fraction of sp³-hybridized carbons (Fsp3) is 0.645. The first-order chi connectivity index (χ1) is 24.0. The van der Waals surface area contributed by atoms with Crippen molar-refractivity contribution in [3.05, 3.63) is 24.8 Å². The average Bonchev–Trinajstić information content (AvgIpc) is 3.04. The van der Waals surface area contributed by atoms with Crippen molar-refractivity contribution < 1.29 is 42.6 Å². The molecule has 0 radical (unpaired) electrons. The number of nitrogens with one attached hydrogen (secondary N) is 5. The van der Waals surface area contributed by atoms with Gasteiger partial charge in [-0.05, 0) is 134 Å². The highest BCUT2D eigenvalue weighted by atomic mass is 127. The van der Waals surface area contributed by atoms with Crippen LogP contribution >= 0.6 is 45.2 Å². The Morgan fingerprint density at radius 1 is 0.863 bits per heavy atom. The lowest BCUT2D eigenvalue weighted by molar-refractivity contribution is -0.192. The number of amides is 3. The number of carbonyl (C=O) groups is 4. The van der Waals surface area contributed by atoms with Gasteiger partial charge in [-0.25, -0.2) is 4.79 Å². The molecule has 13 N–H and O–H groups in total. The fourth-order valence-corrected chi connectivity index (χ4v) is 6.08. The van der Waals surface area contributed by atoms with Crippen molar-refractivity contribution in [2.24, 2.45) is 22.2 Å². The molecule has 0 spiro atoms. The summed E-state index contributed by atoms with van der Waals surface area (Å²) in [6.07, 6.45) is 1.19. The number of nitrogens with zero attached hydrogens (tertiary/aromatic N) is 1. The third-order valence-corrected chi connectivity index (χ3v) is 8.45. The van der Waals surface area contributed by atoms with Crippen molar-refractivity contribution >= 4 is 74.8 Å². The van der Waals surface area contributed by atoms with Gasteiger partial charge in [0.15, 0.2) is 5.96 Å². The number of nitrogens with two attached hydrogens (primary N) is 3. The van der Waals surface area contributed by atoms with E-state index in [2.05, 4.69) is 76.8 Å². The van der Waals surface area contributed by atoms with Gasteiger partial charge in [-0.15, -0.1) is 0 Å². The summed E-state index contributed by atoms with van der Waals surface area (Å²) in [7, 11) is 0. The molecule has 0 saturated heterocycles. The summed E-state index contributed by atoms with van der Waals surface area (Å²) in [5.74, 6) is -3.00. The summed E-state index contributed by atoms with van der Waals surface area (Å²) in [6, 6.07) is 2.44. The number of carboxylic acid groups (broad SMARTS) is 1. The van der Waals surface area contributed by atoms with Crippen LogP contribution in [-0.2, 0) is 25.6 Å². The van der Waals surface area contributed by atoms with Crippen LogP contribution in [0.15, 0.2) is 17.1 Å². The predicted octanol–water partition coefficient (Wildman–Crippen LogP) is 1.42. The van der Waals surface area contributed by atoms with Crippen LogP contribution in [0.2, 0.25) is 0 Å². The zero-order valence-corrected chi connectivity index (χ0v) is 33.0. The molecule has 0 unspecified atom stereocenters. The SMILES string of the molecule is CCCC(=O)N[C@@H](Cc1cc(I)c(O)c(I)c1)C(=O)NCCCNCCCCNCCCNC(=O)[C@@H](N)CCCN=C(N)N.O=C(O)C(F)(F)F. The molecule has 15 nitrogen and oxygen atoms in total. The molecule has 0 aromatic heterocycles. The van der Waals surface area contributed by atoms with Gasteiger partial charge >= 0.3 is 12.1 Å². The number of carboxylic acids is 1. The molecule has 1 aromatic carbocycles. The van der Waals surface area contributed by atoms with Gasteiger partial charge in [0.05, 0.1) is 13.2 Å². The van der Waals surface area contributed by atoms with Crippen LogP contribution in [0.3, 0.4) is 0 Å². The van der Waals surface area contributed by atoms with E-state index in [1.54, 1.807) is 0 Å². The van der Waals surface area contributed by atoms with Crippen molar-refractivity contribution in [1.29, 1.82) is 0 Å². The first kappa shape index (κ1) is 48.3. The number of aromatic hydroxyl groups is 1. The maximum atomic E-state index is 12.9. The second-order valence-corrected chi connectivity index (χ2v) is 13.7. The lowest BCUT2D eigenvalue weighted by Crippen LogP contribution is -2.48. The maximum absolute atomic E-state index is 12.9. The van der Waals surface area contributed by atoms with E-state index in [1.807, 2.05) is 19.1 Å². The number of aliphatic imine (C=N–C) groups is 1. The van der Waals surface area contributed by atoms with Crippen molar-refractivity contribution in [2.75, 3.05) is 45.8 Å². The summed E-state index contributed by atoms with van der Waals surface area (Å²) in [5, 5.41) is 32.6. The maximum Gasteiger partial charge on any atom is 0.490 e. The topological polar surface area (TPSA) is 259 Å². The van der Waals surface area contributed by atoms with E-state index in [1.165, 1.54) is 0 Å². The summed E-state index contributed by atoms with van der Waals surface area (Å²) in [6.45, 7) is 6.87. The Hall–Kier alpha value is -2.70. The van der Waals surface area contributed by atoms with Crippen molar-refractivity contribution in [1.82, 2.24) is 26.6 Å². The minimum absolute atomic E-state index is 0.0410. The van der Waals surface area contributed by atoms with Crippen molar-refractivity contribution in [3.8, 4) is 5.75 Å². The Balaban J connectivity index is 0.00000321. The van der Waals surface area contributed by atoms with E-state index >= 15 is 0 Å². The highest BCUT2D eigenvalue weighted by molar-refractivity contribution is 14.1. The second-order valence-electron chi connectivity index (χ2n) is 11.3. The number of unbranched alkanes of at least 4 members (excludes halogenated alkanes) is 1. The number of hydrogen-bond acceptors (Lipinski definition) is 9. The number of halogens is 5. The smallest absolute Gasteiger partial charge is 0.490 e. The third-order valence-electron chi connectivity index (χ3n) is 6.81. The Bertz CT molecular complexity index is 1220. The van der Waals surface area contributed by atoms with Gasteiger partial charge in [-0.3, -0.25) is 19.4 Å². The number of carbonyl (C=O) groups excluding carboxylic acids is 3. The minimum atomic E-state index is -5.08. The number of phenols is 1. The molecule has 0 bridgehead atoms. The Kier molecular flexibility index (Phi) is 26.4. The van der Waals surface area contributed by atoms with Crippen LogP contribution in [0.25, 0.3) is 0 Å². The number of hydrogen-bond donors (Lipinski definition) is 10. The normalized spacial score (nSPS) is 12.1. The molecule has 292 valence electrons. The van der Waals surface area contributed by atoms with E-state index < -0.39 is 24.2 Å². The number of phenolic OH excluding ortho intramolecular Hbond substituents is 1. The van der Waals surface area contributed by atoms with Gasteiger partial charge in [-0.1, -0.05) is 6.92 Å². The summed E-state index contributed by atoms with van der Waals surface area (Å²) >= 11 is 4.13. The standard InChI is InChI=1S/C29H51I2N9O4.C2HF3O2/c1-2-8-25(41)40-24(19-20-17-21(30)26(42)22(31)18-20)28(44)38-16-7-13-36-11-4-3-10-35-12-6-15-37-27(43)23(32)9-5-14-39-29(33)34;3-2(4,5)1(6)7/h17-18,23-24,35-36,42H,2-16,19,32H2,1H3,(H,37,43)(H,38,44)(H,40,41)(H4,33,34,39);(H,6,7)/t23-,24-;/m0./s1. The zero-order valence-electron chi connectivity index (χ0n) is 28.7. The van der Waals surface area contributed by atoms with E-state index in [0.29, 0.717) is 58.9 Å². The molecule has 0 heterocycles. The zero-order chi connectivity index (χ0) is 38.8. The molecule has 0 aliphatic heterocycles. The molecule has 0 saturated carbocycles. The summed E-state index contributed by atoms with van der Waals surface area (Å²) in [5.41, 5.74) is 17.3. The Morgan fingerprint density at radius 3 is 1.82 bits per heavy atom. The second kappa shape index (κ2) is 27.9. The van der Waals surface area contributed by atoms with Gasteiger partial charge in [-0.2, -0.15) is 13.2 Å². The minimum Gasteiger partial charge on any atom is -0.506 e. The largest absolute Gasteiger partial charge is 0.506 e. The fourth-order valence-electron chi connectivity index (χ4n) is 4.18. The van der Waals surface area contributed by atoms with Crippen LogP contribution < -0.4 is 43.8 Å². The molecular weight excluding hydrogens is 905 g/mol. The van der Waals surface area contributed by atoms with E-state index in [0.717, 1.165) is 57.4 Å². The summed E-state index contributed by atoms with van der Waals surface area (Å²) in [4.78, 5) is 49.9. The molecule has 2 atom stereocenters. The molecule has 0 aliphatic carbocycles. The van der Waals surface area contributed by atoms with Crippen LogP contribution in [0.1, 0.15) is 63.9 Å². The monoisotopic (exact) mass is 957 g/mol. The Labute approximate surface area is 323 Å². The molecule has 1 aromatic rings. The highest BCUT2D eigenvalue weighted by Gasteiger charge is 2.38. The van der Waals surface area contributed by atoms with Gasteiger partial charge in [0.2, 0.25) is 17.7 Å². The molecule has 0 fully saturated rings. The molecule has 3 amide bonds. The van der Waals surface area contributed by atoms with Gasteiger partial charge < -0.3 is 54.0 Å². The third kappa shape index (κ3) is 25.0. The van der Waals surface area contributed by atoms with Gasteiger partial charge in [0.25, 0.3) is 0 Å². The van der Waals surface area contributed by atoms with Crippen LogP contribution in [0, 0.1) is 7.14 Å². The highest BCUT2D eigenvalue weighted by Crippen LogP contribution is 2.28. The number of guanidine groups is 1. The van der Waals surface area contributed by atoms with E-state index in [9.17, 15) is 32.7 Å². The van der Waals surface area contributed by atoms with Gasteiger partial charge in [0, 0.05) is 32.5 Å². The number of aliphatic carboxylic acids is 1. The van der Waals surface area contributed by atoms with Crippen molar-refractivity contribution in [3.63, 3.8) is 0 Å². The molecule has 20 heteroatoms. The lowest BCUT2D eigenvalue weighted by atomic mass is 10.0. The van der Waals surface area contributed by atoms with Crippen LogP contribution in [0.4, 0.5) is 13.2 Å². The first-order valence-electron chi connectivity index (χ1n) is 16.5. The number of alkyl halides is 3. The average molecular weight is 958 g/mol. The predicted molar refractivity (Wildman–Crippen MR) is 206 cm³/mol. The quantitative estimate of drug-likeness (QED) is 0.0307. The molecule has 0 aliphatic rings. The molecule has 1 rings (SSSR count). The number of rotatable bonds is 24. The Morgan fingerprint density at radius 2 is 1.35 bits per heavy atom. The van der Waals surface area contributed by atoms with E-state index in [4.69, 9.17) is 27.1 Å². The van der Waals surface area contributed by atoms with Crippen molar-refractivity contribution in [2.45, 2.75) is 83.0 Å². The van der Waals surface area contributed by atoms with Gasteiger partial charge in [0.1, 0.15) is 11.8 Å². The summed E-state index contributed by atoms with van der Waals surface area (Å²) < 4.78 is 33.2. The molecular formula is C31H52F3I2N9O6. The first-order valence-corrected chi connectivity index (χ1v) is 18.7. The number of benzene rings is 1. The lowest BCUT2D eigenvalue weighted by Gasteiger charge is -2.19.